The summed E-state index contributed by atoms with van der Waals surface area (Å²) in [6.45, 7) is 0.646. The third-order valence-corrected chi connectivity index (χ3v) is 8.04. The van der Waals surface area contributed by atoms with Gasteiger partial charge in [-0.1, -0.05) is 34.4 Å². The van der Waals surface area contributed by atoms with Gasteiger partial charge < -0.3 is 9.42 Å². The van der Waals surface area contributed by atoms with Gasteiger partial charge in [0.1, 0.15) is 11.4 Å². The fourth-order valence-electron chi connectivity index (χ4n) is 4.15. The number of thiazole rings is 1. The molecule has 1 aliphatic rings. The van der Waals surface area contributed by atoms with Gasteiger partial charge >= 0.3 is 0 Å². The van der Waals surface area contributed by atoms with Gasteiger partial charge in [0.05, 0.1) is 20.6 Å². The number of hydrogen-bond acceptors (Lipinski definition) is 5. The molecule has 202 valence electrons. The van der Waals surface area contributed by atoms with Gasteiger partial charge in [-0.2, -0.15) is 0 Å². The second kappa shape index (κ2) is 11.1. The fraction of sp³-hybridized carbons (Fsp3) is 0.192. The standard InChI is InChI=1S/C26H16Cl2F5N3O2S/c27-15-3-1-13(9-16(15)28)17-10-19(38-35-17)18-11-39-26(34-18)12-5-7-36(8-6-12)20(37)4-2-14-21(29)23(31)25(33)24(32)22(14)30/h1-4,9-12H,5-8H2. The number of aromatic nitrogens is 2. The van der Waals surface area contributed by atoms with Crippen molar-refractivity contribution in [2.75, 3.05) is 13.1 Å². The number of halogens is 7. The molecule has 0 atom stereocenters. The molecule has 0 aliphatic carbocycles. The number of carbonyl (C=O) groups is 1. The Balaban J connectivity index is 1.22. The molecule has 1 saturated heterocycles. The molecule has 5 nitrogen and oxygen atoms in total. The van der Waals surface area contributed by atoms with Crippen LogP contribution in [0, 0.1) is 29.1 Å². The van der Waals surface area contributed by atoms with Gasteiger partial charge in [0.25, 0.3) is 0 Å². The smallest absolute Gasteiger partial charge is 0.246 e. The van der Waals surface area contributed by atoms with Crippen molar-refractivity contribution in [1.82, 2.24) is 15.0 Å². The van der Waals surface area contributed by atoms with Crippen LogP contribution in [0.2, 0.25) is 10.0 Å². The number of nitrogens with zero attached hydrogens (tertiary/aromatic N) is 3. The fourth-order valence-corrected chi connectivity index (χ4v) is 5.43. The van der Waals surface area contributed by atoms with Crippen LogP contribution in [0.1, 0.15) is 29.3 Å². The summed E-state index contributed by atoms with van der Waals surface area (Å²) in [7, 11) is 0. The third kappa shape index (κ3) is 5.43. The minimum absolute atomic E-state index is 0.0597. The molecule has 0 radical (unpaired) electrons. The number of hydrogen-bond donors (Lipinski definition) is 0. The van der Waals surface area contributed by atoms with Crippen molar-refractivity contribution >= 4 is 46.5 Å². The van der Waals surface area contributed by atoms with E-state index in [9.17, 15) is 26.7 Å². The molecule has 1 aliphatic heterocycles. The van der Waals surface area contributed by atoms with Gasteiger partial charge in [0, 0.05) is 42.1 Å². The summed E-state index contributed by atoms with van der Waals surface area (Å²) < 4.78 is 73.2. The first-order valence-corrected chi connectivity index (χ1v) is 13.1. The lowest BCUT2D eigenvalue weighted by molar-refractivity contribution is -0.126. The molecular weight excluding hydrogens is 584 g/mol. The average Bonchev–Trinajstić information content (AvgIpc) is 3.63. The number of benzene rings is 2. The highest BCUT2D eigenvalue weighted by Gasteiger charge is 2.27. The van der Waals surface area contributed by atoms with Gasteiger partial charge in [-0.05, 0) is 31.1 Å². The molecule has 2 aromatic heterocycles. The molecule has 0 N–H and O–H groups in total. The lowest BCUT2D eigenvalue weighted by atomic mass is 9.97. The quantitative estimate of drug-likeness (QED) is 0.101. The maximum atomic E-state index is 13.9. The molecule has 39 heavy (non-hydrogen) atoms. The zero-order valence-electron chi connectivity index (χ0n) is 19.7. The van der Waals surface area contributed by atoms with Crippen LogP contribution < -0.4 is 0 Å². The highest BCUT2D eigenvalue weighted by atomic mass is 35.5. The van der Waals surface area contributed by atoms with Crippen molar-refractivity contribution in [2.24, 2.45) is 0 Å². The Hall–Kier alpha value is -3.28. The lowest BCUT2D eigenvalue weighted by Gasteiger charge is -2.30. The zero-order chi connectivity index (χ0) is 27.8. The first-order valence-electron chi connectivity index (χ1n) is 11.5. The van der Waals surface area contributed by atoms with Crippen molar-refractivity contribution in [3.05, 3.63) is 85.4 Å². The number of amides is 1. The normalized spacial score (nSPS) is 14.5. The molecule has 0 unspecified atom stereocenters. The summed E-state index contributed by atoms with van der Waals surface area (Å²) in [5.41, 5.74) is 0.753. The molecule has 4 aromatic rings. The van der Waals surface area contributed by atoms with E-state index in [4.69, 9.17) is 27.7 Å². The Morgan fingerprint density at radius 2 is 1.62 bits per heavy atom. The molecular formula is C26H16Cl2F5N3O2S. The van der Waals surface area contributed by atoms with Crippen molar-refractivity contribution < 1.29 is 31.3 Å². The predicted molar refractivity (Wildman–Crippen MR) is 137 cm³/mol. The maximum Gasteiger partial charge on any atom is 0.246 e. The molecule has 0 bridgehead atoms. The first-order chi connectivity index (χ1) is 18.6. The second-order valence-corrected chi connectivity index (χ2v) is 10.4. The minimum atomic E-state index is -2.25. The van der Waals surface area contributed by atoms with E-state index in [-0.39, 0.29) is 5.92 Å². The van der Waals surface area contributed by atoms with Crippen LogP contribution in [0.3, 0.4) is 0 Å². The minimum Gasteiger partial charge on any atom is -0.354 e. The van der Waals surface area contributed by atoms with E-state index in [0.717, 1.165) is 16.6 Å². The van der Waals surface area contributed by atoms with Crippen molar-refractivity contribution in [1.29, 1.82) is 0 Å². The van der Waals surface area contributed by atoms with E-state index >= 15 is 0 Å². The lowest BCUT2D eigenvalue weighted by Crippen LogP contribution is -2.36. The highest BCUT2D eigenvalue weighted by Crippen LogP contribution is 2.35. The van der Waals surface area contributed by atoms with Crippen molar-refractivity contribution in [3.63, 3.8) is 0 Å². The summed E-state index contributed by atoms with van der Waals surface area (Å²) in [5, 5.41) is 7.60. The summed E-state index contributed by atoms with van der Waals surface area (Å²) in [5.74, 6) is -10.5. The van der Waals surface area contributed by atoms with Gasteiger partial charge in [0.15, 0.2) is 29.0 Å². The zero-order valence-corrected chi connectivity index (χ0v) is 22.0. The van der Waals surface area contributed by atoms with E-state index < -0.39 is 40.6 Å². The van der Waals surface area contributed by atoms with Crippen LogP contribution in [-0.4, -0.2) is 34.0 Å². The average molecular weight is 600 g/mol. The molecule has 1 amide bonds. The SMILES string of the molecule is O=C(C=Cc1c(F)c(F)c(F)c(F)c1F)N1CCC(c2nc(-c3cc(-c4ccc(Cl)c(Cl)c4)no3)cs2)CC1. The van der Waals surface area contributed by atoms with Crippen LogP contribution >= 0.6 is 34.5 Å². The van der Waals surface area contributed by atoms with Gasteiger partial charge in [-0.25, -0.2) is 26.9 Å². The van der Waals surface area contributed by atoms with Gasteiger partial charge in [-0.3, -0.25) is 4.79 Å². The molecule has 1 fully saturated rings. The second-order valence-electron chi connectivity index (χ2n) is 8.69. The van der Waals surface area contributed by atoms with Crippen LogP contribution in [0.15, 0.2) is 40.2 Å². The number of piperidine rings is 1. The Morgan fingerprint density at radius 3 is 2.28 bits per heavy atom. The van der Waals surface area contributed by atoms with Crippen molar-refractivity contribution in [2.45, 2.75) is 18.8 Å². The van der Waals surface area contributed by atoms with Gasteiger partial charge in [-0.15, -0.1) is 11.3 Å². The van der Waals surface area contributed by atoms with E-state index in [2.05, 4.69) is 10.1 Å². The highest BCUT2D eigenvalue weighted by molar-refractivity contribution is 7.10. The van der Waals surface area contributed by atoms with Gasteiger partial charge in [0.2, 0.25) is 11.7 Å². The topological polar surface area (TPSA) is 59.2 Å². The third-order valence-electron chi connectivity index (χ3n) is 6.29. The molecule has 0 saturated carbocycles. The van der Waals surface area contributed by atoms with Crippen LogP contribution in [0.25, 0.3) is 28.8 Å². The number of likely N-dealkylation sites (tertiary alicyclic amines) is 1. The van der Waals surface area contributed by atoms with E-state index in [1.54, 1.807) is 24.3 Å². The van der Waals surface area contributed by atoms with E-state index in [1.807, 2.05) is 5.38 Å². The monoisotopic (exact) mass is 599 g/mol. The Kier molecular flexibility index (Phi) is 7.75. The molecule has 3 heterocycles. The number of carbonyl (C=O) groups excluding carboxylic acids is 1. The number of rotatable bonds is 5. The van der Waals surface area contributed by atoms with Crippen LogP contribution in [-0.2, 0) is 4.79 Å². The van der Waals surface area contributed by atoms with E-state index in [0.29, 0.717) is 59.2 Å². The summed E-state index contributed by atoms with van der Waals surface area (Å²) in [6.07, 6.45) is 2.54. The molecule has 2 aromatic carbocycles. The molecule has 13 heteroatoms. The Morgan fingerprint density at radius 1 is 0.949 bits per heavy atom. The maximum absolute atomic E-state index is 13.9. The summed E-state index contributed by atoms with van der Waals surface area (Å²) in [4.78, 5) is 18.6. The van der Waals surface area contributed by atoms with E-state index in [1.165, 1.54) is 16.2 Å². The summed E-state index contributed by atoms with van der Waals surface area (Å²) in [6, 6.07) is 6.87. The van der Waals surface area contributed by atoms with Crippen LogP contribution in [0.4, 0.5) is 22.0 Å². The largest absolute Gasteiger partial charge is 0.354 e. The summed E-state index contributed by atoms with van der Waals surface area (Å²) >= 11 is 13.5. The molecule has 5 rings (SSSR count). The predicted octanol–water partition coefficient (Wildman–Crippen LogP) is 7.89. The van der Waals surface area contributed by atoms with Crippen molar-refractivity contribution in [3.8, 4) is 22.7 Å². The Labute approximate surface area is 232 Å². The first kappa shape index (κ1) is 27.3. The molecule has 0 spiro atoms. The Bertz CT molecular complexity index is 1570. The van der Waals surface area contributed by atoms with Crippen LogP contribution in [0.5, 0.6) is 0 Å².